The van der Waals surface area contributed by atoms with Crippen LogP contribution in [0.5, 0.6) is 0 Å². The molecule has 0 radical (unpaired) electrons. The number of anilines is 1. The number of rotatable bonds is 9. The van der Waals surface area contributed by atoms with Crippen LogP contribution in [0.15, 0.2) is 54.6 Å². The van der Waals surface area contributed by atoms with Crippen LogP contribution in [0.3, 0.4) is 0 Å². The van der Waals surface area contributed by atoms with Crippen molar-refractivity contribution in [2.45, 2.75) is 38.6 Å². The Kier molecular flexibility index (Phi) is 10.6. The van der Waals surface area contributed by atoms with Gasteiger partial charge in [0, 0.05) is 25.5 Å². The van der Waals surface area contributed by atoms with Crippen molar-refractivity contribution in [2.24, 2.45) is 5.73 Å². The second kappa shape index (κ2) is 12.7. The van der Waals surface area contributed by atoms with Crippen LogP contribution in [-0.2, 0) is 20.7 Å². The van der Waals surface area contributed by atoms with E-state index in [0.717, 1.165) is 6.42 Å². The predicted molar refractivity (Wildman–Crippen MR) is 113 cm³/mol. The summed E-state index contributed by atoms with van der Waals surface area (Å²) in [6.45, 7) is 2.98. The Morgan fingerprint density at radius 2 is 1.59 bits per heavy atom. The van der Waals surface area contributed by atoms with Crippen molar-refractivity contribution in [3.8, 4) is 0 Å². The van der Waals surface area contributed by atoms with E-state index in [1.807, 2.05) is 30.3 Å². The first-order valence-corrected chi connectivity index (χ1v) is 9.24. The lowest BCUT2D eigenvalue weighted by Crippen LogP contribution is -2.39. The summed E-state index contributed by atoms with van der Waals surface area (Å²) < 4.78 is 10.2. The normalized spacial score (nSPS) is 12.5. The Hall–Kier alpha value is -2.74. The molecule has 0 heterocycles. The SMILES string of the molecule is CC(=O)c1ccccc1NC(C)C(=O)O.COC(OC)C(N)Cc1ccccc1. The maximum Gasteiger partial charge on any atom is 0.325 e. The molecule has 0 aromatic heterocycles. The van der Waals surface area contributed by atoms with E-state index in [9.17, 15) is 9.59 Å². The van der Waals surface area contributed by atoms with Gasteiger partial charge in [-0.3, -0.25) is 9.59 Å². The number of carboxylic acid groups (broad SMARTS) is 1. The molecule has 2 rings (SSSR count). The molecule has 2 aromatic carbocycles. The van der Waals surface area contributed by atoms with Crippen molar-refractivity contribution in [3.05, 3.63) is 65.7 Å². The standard InChI is InChI=1S/C11H13NO3.C11H17NO2/c1-7(11(14)15)12-10-6-4-3-5-9(10)8(2)13;1-13-11(14-2)10(12)8-9-6-4-3-5-7-9/h3-7,12H,1-2H3,(H,14,15);3-7,10-11H,8,12H2,1-2H3. The van der Waals surface area contributed by atoms with E-state index < -0.39 is 12.0 Å². The van der Waals surface area contributed by atoms with E-state index in [-0.39, 0.29) is 18.1 Å². The third kappa shape index (κ3) is 8.43. The van der Waals surface area contributed by atoms with E-state index in [1.54, 1.807) is 38.5 Å². The summed E-state index contributed by atoms with van der Waals surface area (Å²) >= 11 is 0. The summed E-state index contributed by atoms with van der Waals surface area (Å²) in [6.07, 6.45) is 0.419. The molecule has 4 N–H and O–H groups in total. The fourth-order valence-corrected chi connectivity index (χ4v) is 2.64. The number of Topliss-reactive ketones (excluding diaryl/α,β-unsaturated/α-hetero) is 1. The van der Waals surface area contributed by atoms with Crippen LogP contribution in [0.1, 0.15) is 29.8 Å². The van der Waals surface area contributed by atoms with Gasteiger partial charge in [-0.05, 0) is 38.0 Å². The van der Waals surface area contributed by atoms with Gasteiger partial charge in [-0.2, -0.15) is 0 Å². The second-order valence-electron chi connectivity index (χ2n) is 6.50. The number of nitrogens with one attached hydrogen (secondary N) is 1. The average Bonchev–Trinajstić information content (AvgIpc) is 2.70. The number of nitrogens with two attached hydrogens (primary N) is 1. The molecule has 2 unspecified atom stereocenters. The minimum Gasteiger partial charge on any atom is -0.480 e. The summed E-state index contributed by atoms with van der Waals surface area (Å²) in [4.78, 5) is 21.9. The van der Waals surface area contributed by atoms with Gasteiger partial charge in [0.15, 0.2) is 12.1 Å². The molecular formula is C22H30N2O5. The number of hydrogen-bond donors (Lipinski definition) is 3. The summed E-state index contributed by atoms with van der Waals surface area (Å²) in [7, 11) is 3.19. The smallest absolute Gasteiger partial charge is 0.325 e. The van der Waals surface area contributed by atoms with Gasteiger partial charge >= 0.3 is 5.97 Å². The number of methoxy groups -OCH3 is 2. The number of ketones is 1. The Labute approximate surface area is 171 Å². The van der Waals surface area contributed by atoms with Crippen LogP contribution >= 0.6 is 0 Å². The minimum atomic E-state index is -0.951. The zero-order valence-electron chi connectivity index (χ0n) is 17.3. The molecule has 2 aromatic rings. The van der Waals surface area contributed by atoms with Crippen LogP contribution < -0.4 is 11.1 Å². The number of para-hydroxylation sites is 1. The molecule has 7 nitrogen and oxygen atoms in total. The van der Waals surface area contributed by atoms with Crippen LogP contribution in [-0.4, -0.2) is 49.5 Å². The van der Waals surface area contributed by atoms with Gasteiger partial charge in [0.1, 0.15) is 6.04 Å². The number of carboxylic acids is 1. The first kappa shape index (κ1) is 24.3. The molecule has 0 saturated heterocycles. The number of aliphatic carboxylic acids is 1. The molecular weight excluding hydrogens is 372 g/mol. The Balaban J connectivity index is 0.000000291. The first-order chi connectivity index (χ1) is 13.8. The molecule has 0 spiro atoms. The third-order valence-corrected chi connectivity index (χ3v) is 4.18. The molecule has 158 valence electrons. The van der Waals surface area contributed by atoms with Crippen molar-refractivity contribution in [1.82, 2.24) is 0 Å². The predicted octanol–water partition coefficient (Wildman–Crippen LogP) is 2.95. The monoisotopic (exact) mass is 402 g/mol. The van der Waals surface area contributed by atoms with Gasteiger partial charge in [-0.25, -0.2) is 0 Å². The van der Waals surface area contributed by atoms with Gasteiger partial charge in [0.25, 0.3) is 0 Å². The molecule has 0 amide bonds. The van der Waals surface area contributed by atoms with E-state index in [0.29, 0.717) is 11.3 Å². The largest absolute Gasteiger partial charge is 0.480 e. The van der Waals surface area contributed by atoms with Crippen LogP contribution in [0.25, 0.3) is 0 Å². The number of benzene rings is 2. The van der Waals surface area contributed by atoms with Crippen LogP contribution in [0, 0.1) is 0 Å². The fraction of sp³-hybridized carbons (Fsp3) is 0.364. The zero-order valence-corrected chi connectivity index (χ0v) is 17.3. The molecule has 0 aliphatic carbocycles. The minimum absolute atomic E-state index is 0.0873. The maximum absolute atomic E-state index is 11.2. The first-order valence-electron chi connectivity index (χ1n) is 9.24. The highest BCUT2D eigenvalue weighted by Crippen LogP contribution is 2.16. The number of carbonyl (C=O) groups excluding carboxylic acids is 1. The highest BCUT2D eigenvalue weighted by molar-refractivity contribution is 6.00. The van der Waals surface area contributed by atoms with E-state index in [2.05, 4.69) is 5.32 Å². The maximum atomic E-state index is 11.2. The van der Waals surface area contributed by atoms with E-state index in [4.69, 9.17) is 20.3 Å². The number of carbonyl (C=O) groups is 2. The van der Waals surface area contributed by atoms with Crippen LogP contribution in [0.4, 0.5) is 5.69 Å². The van der Waals surface area contributed by atoms with Crippen molar-refractivity contribution in [3.63, 3.8) is 0 Å². The molecule has 0 aliphatic heterocycles. The lowest BCUT2D eigenvalue weighted by atomic mass is 10.1. The average molecular weight is 402 g/mol. The lowest BCUT2D eigenvalue weighted by Gasteiger charge is -2.20. The highest BCUT2D eigenvalue weighted by atomic mass is 16.7. The van der Waals surface area contributed by atoms with Gasteiger partial charge in [-0.1, -0.05) is 42.5 Å². The van der Waals surface area contributed by atoms with Crippen molar-refractivity contribution in [1.29, 1.82) is 0 Å². The summed E-state index contributed by atoms with van der Waals surface area (Å²) in [5.41, 5.74) is 8.18. The molecule has 0 saturated carbocycles. The quantitative estimate of drug-likeness (QED) is 0.437. The topological polar surface area (TPSA) is 111 Å². The van der Waals surface area contributed by atoms with Crippen molar-refractivity contribution >= 4 is 17.4 Å². The highest BCUT2D eigenvalue weighted by Gasteiger charge is 2.16. The molecule has 2 atom stereocenters. The van der Waals surface area contributed by atoms with E-state index >= 15 is 0 Å². The van der Waals surface area contributed by atoms with Gasteiger partial charge in [-0.15, -0.1) is 0 Å². The van der Waals surface area contributed by atoms with Gasteiger partial charge in [0.2, 0.25) is 0 Å². The molecule has 0 fully saturated rings. The Bertz CT molecular complexity index is 763. The van der Waals surface area contributed by atoms with Gasteiger partial charge in [0.05, 0.1) is 6.04 Å². The van der Waals surface area contributed by atoms with E-state index in [1.165, 1.54) is 19.4 Å². The van der Waals surface area contributed by atoms with Crippen molar-refractivity contribution < 1.29 is 24.2 Å². The lowest BCUT2D eigenvalue weighted by molar-refractivity contribution is -0.137. The number of hydrogen-bond acceptors (Lipinski definition) is 6. The Morgan fingerprint density at radius 3 is 2.10 bits per heavy atom. The summed E-state index contributed by atoms with van der Waals surface area (Å²) in [5, 5.41) is 11.5. The van der Waals surface area contributed by atoms with Crippen molar-refractivity contribution in [2.75, 3.05) is 19.5 Å². The zero-order chi connectivity index (χ0) is 21.8. The fourth-order valence-electron chi connectivity index (χ4n) is 2.64. The Morgan fingerprint density at radius 1 is 1.03 bits per heavy atom. The second-order valence-corrected chi connectivity index (χ2v) is 6.50. The van der Waals surface area contributed by atoms with Gasteiger partial charge < -0.3 is 25.6 Å². The third-order valence-electron chi connectivity index (χ3n) is 4.18. The molecule has 7 heteroatoms. The molecule has 29 heavy (non-hydrogen) atoms. The van der Waals surface area contributed by atoms with Crippen LogP contribution in [0.2, 0.25) is 0 Å². The summed E-state index contributed by atoms with van der Waals surface area (Å²) in [5.74, 6) is -1.04. The molecule has 0 bridgehead atoms. The number of ether oxygens (including phenoxy) is 2. The molecule has 0 aliphatic rings. The summed E-state index contributed by atoms with van der Waals surface area (Å²) in [6, 6.07) is 16.1.